The normalized spacial score (nSPS) is 16.2. The molecule has 142 valence electrons. The van der Waals surface area contributed by atoms with E-state index in [1.807, 2.05) is 47.8 Å². The van der Waals surface area contributed by atoms with Crippen LogP contribution in [0, 0.1) is 5.92 Å². The number of hydrogen-bond acceptors (Lipinski definition) is 5. The lowest BCUT2D eigenvalue weighted by Crippen LogP contribution is -2.28. The van der Waals surface area contributed by atoms with E-state index in [-0.39, 0.29) is 18.2 Å². The Kier molecular flexibility index (Phi) is 5.08. The molecule has 1 unspecified atom stereocenters. The third-order valence-electron chi connectivity index (χ3n) is 4.68. The Hall–Kier alpha value is -3.19. The van der Waals surface area contributed by atoms with Crippen molar-refractivity contribution in [1.82, 2.24) is 4.98 Å². The summed E-state index contributed by atoms with van der Waals surface area (Å²) in [5, 5.41) is 5.31. The van der Waals surface area contributed by atoms with Crippen molar-refractivity contribution in [3.63, 3.8) is 0 Å². The molecule has 1 aromatic heterocycles. The number of aromatic nitrogens is 1. The van der Waals surface area contributed by atoms with Gasteiger partial charge in [-0.25, -0.2) is 4.98 Å². The number of nitrogens with zero attached hydrogens (tertiary/aromatic N) is 2. The van der Waals surface area contributed by atoms with Crippen LogP contribution in [-0.4, -0.2) is 30.5 Å². The lowest BCUT2D eigenvalue weighted by molar-refractivity contribution is -0.122. The third kappa shape index (κ3) is 3.75. The molecule has 1 fully saturated rings. The Morgan fingerprint density at radius 1 is 1.18 bits per heavy atom. The topological polar surface area (TPSA) is 71.5 Å². The van der Waals surface area contributed by atoms with Gasteiger partial charge in [0.15, 0.2) is 5.13 Å². The number of carbonyl (C=O) groups is 2. The summed E-state index contributed by atoms with van der Waals surface area (Å²) < 4.78 is 5.14. The van der Waals surface area contributed by atoms with Gasteiger partial charge in [0.2, 0.25) is 11.8 Å². The van der Waals surface area contributed by atoms with E-state index in [1.54, 1.807) is 24.1 Å². The maximum absolute atomic E-state index is 12.6. The largest absolute Gasteiger partial charge is 0.497 e. The van der Waals surface area contributed by atoms with Crippen molar-refractivity contribution in [2.24, 2.45) is 5.92 Å². The fourth-order valence-corrected chi connectivity index (χ4v) is 3.90. The molecule has 1 atom stereocenters. The molecule has 1 N–H and O–H groups in total. The van der Waals surface area contributed by atoms with Gasteiger partial charge in [0, 0.05) is 29.6 Å². The van der Waals surface area contributed by atoms with E-state index in [1.165, 1.54) is 11.3 Å². The molecule has 0 bridgehead atoms. The van der Waals surface area contributed by atoms with Gasteiger partial charge in [-0.05, 0) is 24.3 Å². The van der Waals surface area contributed by atoms with Crippen LogP contribution in [0.3, 0.4) is 0 Å². The fraction of sp³-hybridized carbons (Fsp3) is 0.190. The SMILES string of the molecule is COc1ccc(N2CC(C(=O)Nc3nc(-c4ccccc4)cs3)CC2=O)cc1. The predicted octanol–water partition coefficient (Wildman–Crippen LogP) is 3.81. The van der Waals surface area contributed by atoms with Crippen molar-refractivity contribution in [2.45, 2.75) is 6.42 Å². The Morgan fingerprint density at radius 2 is 1.93 bits per heavy atom. The highest BCUT2D eigenvalue weighted by Crippen LogP contribution is 2.29. The van der Waals surface area contributed by atoms with Gasteiger partial charge < -0.3 is 15.0 Å². The van der Waals surface area contributed by atoms with Gasteiger partial charge >= 0.3 is 0 Å². The molecule has 0 saturated carbocycles. The van der Waals surface area contributed by atoms with Gasteiger partial charge in [-0.2, -0.15) is 0 Å². The van der Waals surface area contributed by atoms with E-state index in [0.29, 0.717) is 11.7 Å². The number of benzene rings is 2. The van der Waals surface area contributed by atoms with Gasteiger partial charge in [-0.15, -0.1) is 11.3 Å². The molecule has 0 aliphatic carbocycles. The highest BCUT2D eigenvalue weighted by molar-refractivity contribution is 7.14. The summed E-state index contributed by atoms with van der Waals surface area (Å²) in [6.45, 7) is 0.355. The highest BCUT2D eigenvalue weighted by Gasteiger charge is 2.35. The second-order valence-corrected chi connectivity index (χ2v) is 7.35. The molecule has 4 rings (SSSR count). The number of methoxy groups -OCH3 is 1. The molecule has 0 spiro atoms. The predicted molar refractivity (Wildman–Crippen MR) is 110 cm³/mol. The first-order valence-electron chi connectivity index (χ1n) is 8.90. The number of rotatable bonds is 5. The van der Waals surface area contributed by atoms with Crippen LogP contribution < -0.4 is 15.0 Å². The Bertz CT molecular complexity index is 986. The van der Waals surface area contributed by atoms with Crippen LogP contribution in [0.15, 0.2) is 60.0 Å². The van der Waals surface area contributed by atoms with E-state index in [9.17, 15) is 9.59 Å². The maximum atomic E-state index is 12.6. The van der Waals surface area contributed by atoms with Gasteiger partial charge in [-0.1, -0.05) is 30.3 Å². The second-order valence-electron chi connectivity index (χ2n) is 6.50. The van der Waals surface area contributed by atoms with Crippen molar-refractivity contribution in [3.05, 3.63) is 60.0 Å². The molecular weight excluding hydrogens is 374 g/mol. The van der Waals surface area contributed by atoms with Crippen LogP contribution in [0.1, 0.15) is 6.42 Å². The summed E-state index contributed by atoms with van der Waals surface area (Å²) in [6, 6.07) is 17.0. The molecule has 1 aliphatic rings. The van der Waals surface area contributed by atoms with Gasteiger partial charge in [0.05, 0.1) is 18.7 Å². The van der Waals surface area contributed by atoms with Crippen LogP contribution >= 0.6 is 11.3 Å². The van der Waals surface area contributed by atoms with Crippen LogP contribution in [0.25, 0.3) is 11.3 Å². The first-order chi connectivity index (χ1) is 13.6. The lowest BCUT2D eigenvalue weighted by atomic mass is 10.1. The smallest absolute Gasteiger partial charge is 0.231 e. The zero-order valence-electron chi connectivity index (χ0n) is 15.3. The summed E-state index contributed by atoms with van der Waals surface area (Å²) in [7, 11) is 1.60. The molecular formula is C21H19N3O3S. The first kappa shape index (κ1) is 18.2. The fourth-order valence-electron chi connectivity index (χ4n) is 3.18. The number of carbonyl (C=O) groups excluding carboxylic acids is 2. The minimum Gasteiger partial charge on any atom is -0.497 e. The number of thiazole rings is 1. The van der Waals surface area contributed by atoms with Crippen molar-refractivity contribution in [1.29, 1.82) is 0 Å². The summed E-state index contributed by atoms with van der Waals surface area (Å²) in [5.41, 5.74) is 2.59. The summed E-state index contributed by atoms with van der Waals surface area (Å²) in [5.74, 6) is 0.0779. The van der Waals surface area contributed by atoms with Crippen LogP contribution in [-0.2, 0) is 9.59 Å². The molecule has 0 radical (unpaired) electrons. The van der Waals surface area contributed by atoms with Gasteiger partial charge in [0.1, 0.15) is 5.75 Å². The van der Waals surface area contributed by atoms with E-state index in [2.05, 4.69) is 10.3 Å². The van der Waals surface area contributed by atoms with Crippen molar-refractivity contribution in [2.75, 3.05) is 23.9 Å². The van der Waals surface area contributed by atoms with Crippen molar-refractivity contribution in [3.8, 4) is 17.0 Å². The molecule has 28 heavy (non-hydrogen) atoms. The Morgan fingerprint density at radius 3 is 2.64 bits per heavy atom. The minimum atomic E-state index is -0.404. The zero-order chi connectivity index (χ0) is 19.5. The molecule has 7 heteroatoms. The summed E-state index contributed by atoms with van der Waals surface area (Å²) >= 11 is 1.38. The quantitative estimate of drug-likeness (QED) is 0.716. The van der Waals surface area contributed by atoms with E-state index < -0.39 is 5.92 Å². The lowest BCUT2D eigenvalue weighted by Gasteiger charge is -2.16. The second kappa shape index (κ2) is 7.82. The number of ether oxygens (including phenoxy) is 1. The molecule has 3 aromatic rings. The maximum Gasteiger partial charge on any atom is 0.231 e. The van der Waals surface area contributed by atoms with Gasteiger partial charge in [0.25, 0.3) is 0 Å². The van der Waals surface area contributed by atoms with Crippen LogP contribution in [0.4, 0.5) is 10.8 Å². The Labute approximate surface area is 166 Å². The monoisotopic (exact) mass is 393 g/mol. The number of amides is 2. The highest BCUT2D eigenvalue weighted by atomic mass is 32.1. The molecule has 6 nitrogen and oxygen atoms in total. The third-order valence-corrected chi connectivity index (χ3v) is 5.44. The van der Waals surface area contributed by atoms with Gasteiger partial charge in [-0.3, -0.25) is 9.59 Å². The molecule has 1 saturated heterocycles. The van der Waals surface area contributed by atoms with Crippen LogP contribution in [0.2, 0.25) is 0 Å². The summed E-state index contributed by atoms with van der Waals surface area (Å²) in [6.07, 6.45) is 0.189. The number of hydrogen-bond donors (Lipinski definition) is 1. The van der Waals surface area contributed by atoms with E-state index in [0.717, 1.165) is 22.7 Å². The minimum absolute atomic E-state index is 0.0607. The van der Waals surface area contributed by atoms with Crippen molar-refractivity contribution < 1.29 is 14.3 Å². The first-order valence-corrected chi connectivity index (χ1v) is 9.78. The standard InChI is InChI=1S/C21H19N3O3S/c1-27-17-9-7-16(8-10-17)24-12-15(11-19(24)25)20(26)23-21-22-18(13-28-21)14-5-3-2-4-6-14/h2-10,13,15H,11-12H2,1H3,(H,22,23,26). The van der Waals surface area contributed by atoms with E-state index in [4.69, 9.17) is 4.74 Å². The number of nitrogens with one attached hydrogen (secondary N) is 1. The molecule has 2 heterocycles. The van der Waals surface area contributed by atoms with E-state index >= 15 is 0 Å². The Balaban J connectivity index is 1.41. The molecule has 1 aliphatic heterocycles. The van der Waals surface area contributed by atoms with Crippen LogP contribution in [0.5, 0.6) is 5.75 Å². The summed E-state index contributed by atoms with van der Waals surface area (Å²) in [4.78, 5) is 31.1. The average molecular weight is 393 g/mol. The molecule has 2 amide bonds. The zero-order valence-corrected chi connectivity index (χ0v) is 16.1. The number of anilines is 2. The van der Waals surface area contributed by atoms with Crippen molar-refractivity contribution >= 4 is 34.0 Å². The molecule has 2 aromatic carbocycles. The average Bonchev–Trinajstić information content (AvgIpc) is 3.35.